The molecule has 0 amide bonds. The maximum Gasteiger partial charge on any atom is 0.189 e. The van der Waals surface area contributed by atoms with Crippen LogP contribution in [0, 0.1) is 0 Å². The monoisotopic (exact) mass is 895 g/mol. The first kappa shape index (κ1) is 49.7. The minimum absolute atomic E-state index is 0.343. The van der Waals surface area contributed by atoms with Crippen molar-refractivity contribution in [2.24, 2.45) is 0 Å². The van der Waals surface area contributed by atoms with Gasteiger partial charge in [0.05, 0.1) is 22.1 Å². The van der Waals surface area contributed by atoms with Crippen molar-refractivity contribution in [2.75, 3.05) is 162 Å². The van der Waals surface area contributed by atoms with E-state index >= 15 is 0 Å². The van der Waals surface area contributed by atoms with Gasteiger partial charge >= 0.3 is 0 Å². The van der Waals surface area contributed by atoms with Crippen molar-refractivity contribution < 1.29 is 37.9 Å². The van der Waals surface area contributed by atoms with Gasteiger partial charge in [-0.1, -0.05) is 0 Å². The van der Waals surface area contributed by atoms with Crippen LogP contribution in [0.1, 0.15) is 22.8 Å². The molecule has 354 valence electrons. The molecule has 5 rings (SSSR count). The fourth-order valence-corrected chi connectivity index (χ4v) is 6.45. The Morgan fingerprint density at radius 3 is 0.781 bits per heavy atom. The van der Waals surface area contributed by atoms with Gasteiger partial charge in [0, 0.05) is 52.4 Å². The molecule has 0 radical (unpaired) electrons. The highest BCUT2D eigenvalue weighted by molar-refractivity contribution is 5.92. The van der Waals surface area contributed by atoms with Gasteiger partial charge in [0.15, 0.2) is 46.0 Å². The number of nitrogens with one attached hydrogen (secondary N) is 10. The summed E-state index contributed by atoms with van der Waals surface area (Å²) in [5.41, 5.74) is 4.41. The number of hydrogen-bond acceptors (Lipinski definition) is 18. The first-order valence-electron chi connectivity index (χ1n) is 22.0. The Labute approximate surface area is 376 Å². The van der Waals surface area contributed by atoms with E-state index in [9.17, 15) is 0 Å². The molecule has 0 aromatic carbocycles. The Kier molecular flexibility index (Phi) is 21.0. The van der Waals surface area contributed by atoms with Gasteiger partial charge in [-0.2, -0.15) is 0 Å². The van der Waals surface area contributed by atoms with E-state index in [2.05, 4.69) is 52.5 Å². The van der Waals surface area contributed by atoms with Crippen LogP contribution >= 0.6 is 0 Å². The number of rotatable bonds is 32. The topological polar surface area (TPSA) is 227 Å². The predicted octanol–water partition coefficient (Wildman–Crippen LogP) is 1.30. The number of aromatic nitrogens is 4. The standard InChI is InChI=1S/C44H70N12O8/c1-45-9-17-57-37-29-25-31-39(59-19-11-47-3)41(61-21-13-49-5)33(54-31)27-35-43(63-23-15-51-7)44(64-24-16-52-8)36(56-35)28-34-42(62-22-14-50-6)40(60-20-12-48-4)32(55-34)26-30(53-29)38(37)58-18-10-46-2/h25-28,45-54H,9-24H2,1-8H3. The van der Waals surface area contributed by atoms with Gasteiger partial charge in [-0.15, -0.1) is 0 Å². The summed E-state index contributed by atoms with van der Waals surface area (Å²) in [6, 6.07) is 7.57. The Morgan fingerprint density at radius 1 is 0.312 bits per heavy atom. The van der Waals surface area contributed by atoms with E-state index in [4.69, 9.17) is 47.9 Å². The Bertz CT molecular complexity index is 2000. The largest absolute Gasteiger partial charge is 0.486 e. The predicted molar refractivity (Wildman–Crippen MR) is 252 cm³/mol. The molecular formula is C44H70N12O8. The van der Waals surface area contributed by atoms with Crippen LogP contribution in [0.5, 0.6) is 23.0 Å². The Hall–Kier alpha value is -5.32. The van der Waals surface area contributed by atoms with Crippen LogP contribution in [0.25, 0.3) is 45.1 Å². The quantitative estimate of drug-likeness (QED) is 0.0399. The number of H-pyrrole nitrogens is 2. The molecule has 0 saturated heterocycles. The van der Waals surface area contributed by atoms with Crippen molar-refractivity contribution in [1.29, 1.82) is 0 Å². The number of fused-ring (bicyclic) bond motifs is 8. The molecule has 0 spiro atoms. The number of aromatic amines is 2. The minimum Gasteiger partial charge on any atom is -0.486 e. The van der Waals surface area contributed by atoms with Crippen molar-refractivity contribution in [3.8, 4) is 23.0 Å². The van der Waals surface area contributed by atoms with Crippen LogP contribution in [0.15, 0.2) is 24.3 Å². The van der Waals surface area contributed by atoms with Crippen LogP contribution in [-0.2, 0) is 18.9 Å². The first-order chi connectivity index (χ1) is 31.5. The third-order valence-electron chi connectivity index (χ3n) is 9.67. The summed E-state index contributed by atoms with van der Waals surface area (Å²) in [6.45, 7) is 7.52. The molecule has 0 fully saturated rings. The highest BCUT2D eigenvalue weighted by Gasteiger charge is 2.30. The molecule has 0 atom stereocenters. The second-order valence-electron chi connectivity index (χ2n) is 14.5. The molecule has 0 aliphatic carbocycles. The van der Waals surface area contributed by atoms with Gasteiger partial charge in [-0.3, -0.25) is 0 Å². The zero-order chi connectivity index (χ0) is 45.5. The lowest BCUT2D eigenvalue weighted by atomic mass is 10.2. The van der Waals surface area contributed by atoms with Crippen molar-refractivity contribution in [2.45, 2.75) is 0 Å². The van der Waals surface area contributed by atoms with E-state index in [0.717, 1.165) is 0 Å². The van der Waals surface area contributed by atoms with Crippen LogP contribution in [0.2, 0.25) is 0 Å². The van der Waals surface area contributed by atoms with E-state index < -0.39 is 0 Å². The molecule has 5 heterocycles. The molecule has 3 aromatic heterocycles. The van der Waals surface area contributed by atoms with Gasteiger partial charge in [0.25, 0.3) is 0 Å². The molecule has 2 aliphatic heterocycles. The summed E-state index contributed by atoms with van der Waals surface area (Å²) in [4.78, 5) is 17.6. The summed E-state index contributed by atoms with van der Waals surface area (Å²) in [5.74, 6) is 3.84. The SMILES string of the molecule is CNCCOC1=C(OCCNC)c2cc3[nH]c(cc4[nH]c(cc5nc(cc1n2)C(OCCNC)=C5OCCNC)c(OCCNC)c4OCCNC)c(OCCNC)c3OCCNC. The van der Waals surface area contributed by atoms with Gasteiger partial charge < -0.3 is 90.4 Å². The van der Waals surface area contributed by atoms with E-state index in [1.54, 1.807) is 0 Å². The molecular weight excluding hydrogens is 825 g/mol. The van der Waals surface area contributed by atoms with Crippen molar-refractivity contribution >= 4 is 45.1 Å². The molecule has 3 aromatic rings. The first-order valence-corrected chi connectivity index (χ1v) is 22.0. The van der Waals surface area contributed by atoms with E-state index in [0.29, 0.717) is 196 Å². The number of nitrogens with zero attached hydrogens (tertiary/aromatic N) is 2. The maximum atomic E-state index is 6.55. The van der Waals surface area contributed by atoms with Crippen LogP contribution in [0.4, 0.5) is 0 Å². The smallest absolute Gasteiger partial charge is 0.189 e. The summed E-state index contributed by atoms with van der Waals surface area (Å²) in [6.07, 6.45) is 0. The van der Waals surface area contributed by atoms with Gasteiger partial charge in [0.1, 0.15) is 75.6 Å². The van der Waals surface area contributed by atoms with Gasteiger partial charge in [-0.05, 0) is 80.6 Å². The highest BCUT2D eigenvalue weighted by Crippen LogP contribution is 2.43. The number of ether oxygens (including phenoxy) is 8. The summed E-state index contributed by atoms with van der Waals surface area (Å²) < 4.78 is 52.3. The lowest BCUT2D eigenvalue weighted by Gasteiger charge is -2.13. The fraction of sp³-hybridized carbons (Fsp3) is 0.545. The summed E-state index contributed by atoms with van der Waals surface area (Å²) >= 11 is 0. The Morgan fingerprint density at radius 2 is 0.531 bits per heavy atom. The third-order valence-corrected chi connectivity index (χ3v) is 9.67. The Balaban J connectivity index is 1.99. The summed E-state index contributed by atoms with van der Waals surface area (Å²) in [5, 5.41) is 25.4. The van der Waals surface area contributed by atoms with Crippen molar-refractivity contribution in [1.82, 2.24) is 62.5 Å². The molecule has 0 unspecified atom stereocenters. The second-order valence-corrected chi connectivity index (χ2v) is 14.5. The molecule has 20 heteroatoms. The lowest BCUT2D eigenvalue weighted by molar-refractivity contribution is 0.245. The third kappa shape index (κ3) is 13.4. The zero-order valence-electron chi connectivity index (χ0n) is 38.8. The average molecular weight is 895 g/mol. The fourth-order valence-electron chi connectivity index (χ4n) is 6.45. The number of hydrogen-bond donors (Lipinski definition) is 10. The van der Waals surface area contributed by atoms with Crippen molar-refractivity contribution in [3.05, 3.63) is 47.0 Å². The zero-order valence-corrected chi connectivity index (χ0v) is 38.8. The molecule has 20 nitrogen and oxygen atoms in total. The molecule has 10 N–H and O–H groups in total. The second kappa shape index (κ2) is 27.1. The van der Waals surface area contributed by atoms with E-state index in [-0.39, 0.29) is 0 Å². The maximum absolute atomic E-state index is 6.55. The van der Waals surface area contributed by atoms with Gasteiger partial charge in [0.2, 0.25) is 0 Å². The van der Waals surface area contributed by atoms with Gasteiger partial charge in [-0.25, -0.2) is 9.97 Å². The molecule has 8 bridgehead atoms. The lowest BCUT2D eigenvalue weighted by Crippen LogP contribution is -2.17. The van der Waals surface area contributed by atoms with E-state index in [1.807, 2.05) is 80.6 Å². The van der Waals surface area contributed by atoms with Crippen LogP contribution < -0.4 is 61.5 Å². The molecule has 0 saturated carbocycles. The summed E-state index contributed by atoms with van der Waals surface area (Å²) in [7, 11) is 15.0. The van der Waals surface area contributed by atoms with Crippen LogP contribution in [0.3, 0.4) is 0 Å². The van der Waals surface area contributed by atoms with Crippen LogP contribution in [-0.4, -0.2) is 182 Å². The minimum atomic E-state index is 0.343. The molecule has 2 aliphatic rings. The normalized spacial score (nSPS) is 12.5. The average Bonchev–Trinajstić information content (AvgIpc) is 3.99. The highest BCUT2D eigenvalue weighted by atomic mass is 16.5. The molecule has 64 heavy (non-hydrogen) atoms. The van der Waals surface area contributed by atoms with E-state index in [1.165, 1.54) is 0 Å². The number of likely N-dealkylation sites (N-methyl/N-ethyl adjacent to an activating group) is 8. The van der Waals surface area contributed by atoms with Crippen molar-refractivity contribution in [3.63, 3.8) is 0 Å².